The van der Waals surface area contributed by atoms with Gasteiger partial charge in [0.2, 0.25) is 0 Å². The Bertz CT molecular complexity index is 617. The van der Waals surface area contributed by atoms with Gasteiger partial charge in [-0.25, -0.2) is 4.39 Å². The molecule has 1 N–H and O–H groups in total. The number of morpholine rings is 1. The number of aliphatic hydroxyl groups excluding tert-OH is 1. The van der Waals surface area contributed by atoms with E-state index in [4.69, 9.17) is 4.74 Å². The standard InChI is InChI=1S/C17H20FNO2S/c1-12-9-13(18)4-5-14(12)15(20)10-19-6-7-21-16(11-19)17-3-2-8-22-17/h2-5,8-9,15-16,20H,6-7,10-11H2,1H3. The molecule has 0 amide bonds. The van der Waals surface area contributed by atoms with Crippen LogP contribution < -0.4 is 0 Å². The van der Waals surface area contributed by atoms with Crippen LogP contribution in [0, 0.1) is 12.7 Å². The van der Waals surface area contributed by atoms with E-state index in [1.165, 1.54) is 17.0 Å². The summed E-state index contributed by atoms with van der Waals surface area (Å²) < 4.78 is 19.0. The molecule has 1 aromatic heterocycles. The molecule has 2 heterocycles. The molecule has 0 spiro atoms. The van der Waals surface area contributed by atoms with Gasteiger partial charge in [0.05, 0.1) is 12.7 Å². The summed E-state index contributed by atoms with van der Waals surface area (Å²) in [5.41, 5.74) is 1.58. The molecule has 3 rings (SSSR count). The van der Waals surface area contributed by atoms with Crippen LogP contribution in [-0.4, -0.2) is 36.2 Å². The average molecular weight is 321 g/mol. The Morgan fingerprint density at radius 3 is 3.05 bits per heavy atom. The molecule has 0 saturated carbocycles. The van der Waals surface area contributed by atoms with Gasteiger partial charge in [0.25, 0.3) is 0 Å². The Hall–Kier alpha value is -1.27. The normalized spacial score (nSPS) is 21.0. The lowest BCUT2D eigenvalue weighted by molar-refractivity contribution is -0.0408. The number of β-amino-alcohol motifs (C(OH)–C–C–N with tert-alkyl or cyclic N) is 1. The largest absolute Gasteiger partial charge is 0.387 e. The van der Waals surface area contributed by atoms with E-state index in [1.54, 1.807) is 17.4 Å². The van der Waals surface area contributed by atoms with Crippen LogP contribution in [0.4, 0.5) is 4.39 Å². The van der Waals surface area contributed by atoms with Gasteiger partial charge in [0.1, 0.15) is 11.9 Å². The number of nitrogens with zero attached hydrogens (tertiary/aromatic N) is 1. The lowest BCUT2D eigenvalue weighted by Gasteiger charge is -2.34. The monoisotopic (exact) mass is 321 g/mol. The van der Waals surface area contributed by atoms with E-state index in [0.717, 1.165) is 24.2 Å². The first kappa shape index (κ1) is 15.6. The quantitative estimate of drug-likeness (QED) is 0.938. The van der Waals surface area contributed by atoms with E-state index < -0.39 is 6.10 Å². The van der Waals surface area contributed by atoms with E-state index in [0.29, 0.717) is 13.2 Å². The molecule has 0 aliphatic carbocycles. The second kappa shape index (κ2) is 6.87. The third kappa shape index (κ3) is 3.55. The first-order valence-corrected chi connectivity index (χ1v) is 8.33. The van der Waals surface area contributed by atoms with Gasteiger partial charge in [0.15, 0.2) is 0 Å². The van der Waals surface area contributed by atoms with Gasteiger partial charge >= 0.3 is 0 Å². The van der Waals surface area contributed by atoms with Crippen molar-refractivity contribution in [1.29, 1.82) is 0 Å². The van der Waals surface area contributed by atoms with Crippen molar-refractivity contribution in [3.05, 3.63) is 57.5 Å². The third-order valence-electron chi connectivity index (χ3n) is 4.03. The number of rotatable bonds is 4. The lowest BCUT2D eigenvalue weighted by atomic mass is 10.0. The Labute approximate surface area is 134 Å². The first-order chi connectivity index (χ1) is 10.6. The highest BCUT2D eigenvalue weighted by molar-refractivity contribution is 7.10. The summed E-state index contributed by atoms with van der Waals surface area (Å²) in [6, 6.07) is 8.65. The highest BCUT2D eigenvalue weighted by Gasteiger charge is 2.25. The number of thiophene rings is 1. The molecule has 118 valence electrons. The molecule has 1 saturated heterocycles. The van der Waals surface area contributed by atoms with Crippen molar-refractivity contribution in [2.24, 2.45) is 0 Å². The van der Waals surface area contributed by atoms with Crippen molar-refractivity contribution < 1.29 is 14.2 Å². The Morgan fingerprint density at radius 1 is 1.45 bits per heavy atom. The number of benzene rings is 1. The van der Waals surface area contributed by atoms with Gasteiger partial charge in [-0.15, -0.1) is 11.3 Å². The van der Waals surface area contributed by atoms with Crippen LogP contribution in [0.3, 0.4) is 0 Å². The molecule has 1 aromatic carbocycles. The van der Waals surface area contributed by atoms with Crippen LogP contribution in [0.2, 0.25) is 0 Å². The van der Waals surface area contributed by atoms with Crippen molar-refractivity contribution in [2.75, 3.05) is 26.2 Å². The van der Waals surface area contributed by atoms with Crippen molar-refractivity contribution in [1.82, 2.24) is 4.90 Å². The molecule has 2 atom stereocenters. The number of hydrogen-bond donors (Lipinski definition) is 1. The summed E-state index contributed by atoms with van der Waals surface area (Å²) >= 11 is 1.69. The number of aryl methyl sites for hydroxylation is 1. The van der Waals surface area contributed by atoms with Crippen molar-refractivity contribution in [3.8, 4) is 0 Å². The van der Waals surface area contributed by atoms with Crippen molar-refractivity contribution in [2.45, 2.75) is 19.1 Å². The van der Waals surface area contributed by atoms with Gasteiger partial charge < -0.3 is 9.84 Å². The average Bonchev–Trinajstić information content (AvgIpc) is 3.01. The first-order valence-electron chi connectivity index (χ1n) is 7.45. The van der Waals surface area contributed by atoms with Crippen LogP contribution in [0.15, 0.2) is 35.7 Å². The predicted octanol–water partition coefficient (Wildman–Crippen LogP) is 3.30. The summed E-state index contributed by atoms with van der Waals surface area (Å²) in [5, 5.41) is 12.5. The molecule has 0 radical (unpaired) electrons. The number of halogens is 1. The second-order valence-electron chi connectivity index (χ2n) is 5.65. The molecule has 0 bridgehead atoms. The van der Waals surface area contributed by atoms with Crippen LogP contribution in [0.1, 0.15) is 28.2 Å². The van der Waals surface area contributed by atoms with Gasteiger partial charge in [0, 0.05) is 24.5 Å². The van der Waals surface area contributed by atoms with Crippen molar-refractivity contribution >= 4 is 11.3 Å². The van der Waals surface area contributed by atoms with Crippen LogP contribution in [0.25, 0.3) is 0 Å². The van der Waals surface area contributed by atoms with E-state index in [-0.39, 0.29) is 11.9 Å². The van der Waals surface area contributed by atoms with E-state index in [9.17, 15) is 9.50 Å². The second-order valence-corrected chi connectivity index (χ2v) is 6.63. The Morgan fingerprint density at radius 2 is 2.32 bits per heavy atom. The SMILES string of the molecule is Cc1cc(F)ccc1C(O)CN1CCOC(c2cccs2)C1. The molecule has 3 nitrogen and oxygen atoms in total. The Kier molecular flexibility index (Phi) is 4.88. The van der Waals surface area contributed by atoms with Gasteiger partial charge in [-0.05, 0) is 41.6 Å². The number of ether oxygens (including phenoxy) is 1. The van der Waals surface area contributed by atoms with Gasteiger partial charge in [-0.1, -0.05) is 12.1 Å². The molecule has 5 heteroatoms. The van der Waals surface area contributed by atoms with E-state index >= 15 is 0 Å². The zero-order chi connectivity index (χ0) is 15.5. The molecular formula is C17H20FNO2S. The summed E-state index contributed by atoms with van der Waals surface area (Å²) in [7, 11) is 0. The number of aliphatic hydroxyl groups is 1. The van der Waals surface area contributed by atoms with Crippen LogP contribution in [-0.2, 0) is 4.74 Å². The topological polar surface area (TPSA) is 32.7 Å². The molecule has 1 aliphatic rings. The van der Waals surface area contributed by atoms with Crippen LogP contribution in [0.5, 0.6) is 0 Å². The third-order valence-corrected chi connectivity index (χ3v) is 5.00. The smallest absolute Gasteiger partial charge is 0.123 e. The minimum atomic E-state index is -0.609. The van der Waals surface area contributed by atoms with Gasteiger partial charge in [-0.2, -0.15) is 0 Å². The highest BCUT2D eigenvalue weighted by Crippen LogP contribution is 2.27. The minimum absolute atomic E-state index is 0.0789. The minimum Gasteiger partial charge on any atom is -0.387 e. The maximum absolute atomic E-state index is 13.2. The van der Waals surface area contributed by atoms with E-state index in [1.807, 2.05) is 18.4 Å². The Balaban J connectivity index is 1.64. The predicted molar refractivity (Wildman–Crippen MR) is 85.5 cm³/mol. The lowest BCUT2D eigenvalue weighted by Crippen LogP contribution is -2.40. The molecular weight excluding hydrogens is 301 g/mol. The molecule has 2 unspecified atom stereocenters. The molecule has 1 fully saturated rings. The van der Waals surface area contributed by atoms with Crippen molar-refractivity contribution in [3.63, 3.8) is 0 Å². The summed E-state index contributed by atoms with van der Waals surface area (Å²) in [5.74, 6) is -0.266. The van der Waals surface area contributed by atoms with E-state index in [2.05, 4.69) is 11.0 Å². The maximum Gasteiger partial charge on any atom is 0.123 e. The highest BCUT2D eigenvalue weighted by atomic mass is 32.1. The molecule has 1 aliphatic heterocycles. The summed E-state index contributed by atoms with van der Waals surface area (Å²) in [6.45, 7) is 4.61. The summed E-state index contributed by atoms with van der Waals surface area (Å²) in [6.07, 6.45) is -0.530. The fourth-order valence-electron chi connectivity index (χ4n) is 2.87. The molecule has 22 heavy (non-hydrogen) atoms. The van der Waals surface area contributed by atoms with Gasteiger partial charge in [-0.3, -0.25) is 4.90 Å². The fraction of sp³-hybridized carbons (Fsp3) is 0.412. The fourth-order valence-corrected chi connectivity index (χ4v) is 3.64. The summed E-state index contributed by atoms with van der Waals surface area (Å²) in [4.78, 5) is 3.43. The van der Waals surface area contributed by atoms with Crippen LogP contribution >= 0.6 is 11.3 Å². The molecule has 2 aromatic rings. The number of hydrogen-bond acceptors (Lipinski definition) is 4. The zero-order valence-corrected chi connectivity index (χ0v) is 13.4. The maximum atomic E-state index is 13.2. The zero-order valence-electron chi connectivity index (χ0n) is 12.5.